The lowest BCUT2D eigenvalue weighted by molar-refractivity contribution is 0.532. The van der Waals surface area contributed by atoms with E-state index < -0.39 is 0 Å². The normalized spacial score (nSPS) is 27.8. The van der Waals surface area contributed by atoms with Gasteiger partial charge in [-0.3, -0.25) is 0 Å². The monoisotopic (exact) mass is 150 g/mol. The number of hydrogen-bond acceptors (Lipinski definition) is 1. The van der Waals surface area contributed by atoms with Crippen LogP contribution in [0.15, 0.2) is 18.2 Å². The predicted octanol–water partition coefficient (Wildman–Crippen LogP) is 2.51. The SMILES string of the molecule is O=C=CC1C/C=C\CCCC1. The summed E-state index contributed by atoms with van der Waals surface area (Å²) in [6.45, 7) is 0. The van der Waals surface area contributed by atoms with Crippen molar-refractivity contribution < 1.29 is 4.79 Å². The molecule has 0 aliphatic heterocycles. The van der Waals surface area contributed by atoms with E-state index >= 15 is 0 Å². The molecule has 60 valence electrons. The molecule has 0 N–H and O–H groups in total. The summed E-state index contributed by atoms with van der Waals surface area (Å²) in [5.74, 6) is 2.32. The molecule has 0 saturated heterocycles. The average Bonchev–Trinajstić information content (AvgIpc) is 1.94. The number of carbonyl (C=O) groups excluding carboxylic acids is 1. The first-order chi connectivity index (χ1) is 5.43. The minimum atomic E-state index is 0.448. The number of allylic oxidation sites excluding steroid dienone is 3. The van der Waals surface area contributed by atoms with Crippen molar-refractivity contribution in [3.8, 4) is 0 Å². The van der Waals surface area contributed by atoms with Gasteiger partial charge in [0, 0.05) is 6.08 Å². The lowest BCUT2D eigenvalue weighted by Gasteiger charge is -2.10. The van der Waals surface area contributed by atoms with E-state index in [0.29, 0.717) is 5.92 Å². The Bertz CT molecular complexity index is 175. The highest BCUT2D eigenvalue weighted by Crippen LogP contribution is 2.18. The second-order valence-corrected chi connectivity index (χ2v) is 3.04. The van der Waals surface area contributed by atoms with Crippen molar-refractivity contribution in [2.75, 3.05) is 0 Å². The van der Waals surface area contributed by atoms with Crippen LogP contribution in [0, 0.1) is 5.92 Å². The van der Waals surface area contributed by atoms with Crippen molar-refractivity contribution in [3.05, 3.63) is 18.2 Å². The zero-order valence-electron chi connectivity index (χ0n) is 6.75. The fourth-order valence-electron chi connectivity index (χ4n) is 1.42. The predicted molar refractivity (Wildman–Crippen MR) is 46.0 cm³/mol. The molecule has 0 radical (unpaired) electrons. The number of hydrogen-bond donors (Lipinski definition) is 0. The first-order valence-electron chi connectivity index (χ1n) is 4.29. The van der Waals surface area contributed by atoms with Crippen LogP contribution in [0.25, 0.3) is 0 Å². The van der Waals surface area contributed by atoms with Crippen molar-refractivity contribution in [1.29, 1.82) is 0 Å². The maximum atomic E-state index is 10.1. The molecule has 0 amide bonds. The van der Waals surface area contributed by atoms with Gasteiger partial charge in [-0.1, -0.05) is 18.6 Å². The van der Waals surface area contributed by atoms with Gasteiger partial charge in [-0.2, -0.15) is 0 Å². The zero-order valence-corrected chi connectivity index (χ0v) is 6.75. The summed E-state index contributed by atoms with van der Waals surface area (Å²) >= 11 is 0. The Hall–Kier alpha value is -0.810. The van der Waals surface area contributed by atoms with Crippen LogP contribution < -0.4 is 0 Å². The van der Waals surface area contributed by atoms with Crippen LogP contribution in [0.5, 0.6) is 0 Å². The van der Waals surface area contributed by atoms with Crippen LogP contribution in [0.3, 0.4) is 0 Å². The Morgan fingerprint density at radius 1 is 1.36 bits per heavy atom. The molecular formula is C10H14O. The fraction of sp³-hybridized carbons (Fsp3) is 0.600. The van der Waals surface area contributed by atoms with Crippen LogP contribution in [0.4, 0.5) is 0 Å². The lowest BCUT2D eigenvalue weighted by atomic mass is 9.95. The van der Waals surface area contributed by atoms with E-state index in [0.717, 1.165) is 12.8 Å². The molecule has 1 aliphatic carbocycles. The third kappa shape index (κ3) is 3.20. The molecule has 1 rings (SSSR count). The fourth-order valence-corrected chi connectivity index (χ4v) is 1.42. The summed E-state index contributed by atoms with van der Waals surface area (Å²) in [6, 6.07) is 0. The van der Waals surface area contributed by atoms with Gasteiger partial charge < -0.3 is 0 Å². The second kappa shape index (κ2) is 4.92. The third-order valence-electron chi connectivity index (χ3n) is 2.10. The van der Waals surface area contributed by atoms with Gasteiger partial charge in [0.05, 0.1) is 0 Å². The van der Waals surface area contributed by atoms with Crippen molar-refractivity contribution in [3.63, 3.8) is 0 Å². The highest BCUT2D eigenvalue weighted by molar-refractivity contribution is 5.45. The van der Waals surface area contributed by atoms with Crippen LogP contribution in [-0.2, 0) is 4.79 Å². The molecule has 0 heterocycles. The summed E-state index contributed by atoms with van der Waals surface area (Å²) < 4.78 is 0. The first-order valence-corrected chi connectivity index (χ1v) is 4.29. The third-order valence-corrected chi connectivity index (χ3v) is 2.10. The molecule has 0 saturated carbocycles. The molecule has 1 atom stereocenters. The summed E-state index contributed by atoms with van der Waals surface area (Å²) in [6.07, 6.45) is 11.9. The van der Waals surface area contributed by atoms with Gasteiger partial charge in [0.25, 0.3) is 0 Å². The average molecular weight is 150 g/mol. The minimum Gasteiger partial charge on any atom is -0.234 e. The number of rotatable bonds is 1. The van der Waals surface area contributed by atoms with E-state index in [2.05, 4.69) is 12.2 Å². The Balaban J connectivity index is 2.44. The van der Waals surface area contributed by atoms with Gasteiger partial charge in [0.15, 0.2) is 0 Å². The molecule has 1 nitrogen and oxygen atoms in total. The molecule has 0 aromatic heterocycles. The lowest BCUT2D eigenvalue weighted by Crippen LogP contribution is -1.97. The molecule has 0 fully saturated rings. The van der Waals surface area contributed by atoms with Crippen LogP contribution in [-0.4, -0.2) is 5.94 Å². The molecule has 0 aromatic carbocycles. The van der Waals surface area contributed by atoms with Gasteiger partial charge in [0.2, 0.25) is 0 Å². The summed E-state index contributed by atoms with van der Waals surface area (Å²) in [5.41, 5.74) is 0. The van der Waals surface area contributed by atoms with Crippen LogP contribution in [0.2, 0.25) is 0 Å². The molecule has 1 unspecified atom stereocenters. The quantitative estimate of drug-likeness (QED) is 0.414. The van der Waals surface area contributed by atoms with Gasteiger partial charge in [-0.15, -0.1) is 0 Å². The molecule has 1 aliphatic rings. The Morgan fingerprint density at radius 3 is 3.09 bits per heavy atom. The largest absolute Gasteiger partial charge is 0.234 e. The molecule has 0 aromatic rings. The summed E-state index contributed by atoms with van der Waals surface area (Å²) in [5, 5.41) is 0. The van der Waals surface area contributed by atoms with E-state index in [9.17, 15) is 4.79 Å². The molecule has 0 bridgehead atoms. The Kier molecular flexibility index (Phi) is 3.71. The van der Waals surface area contributed by atoms with Gasteiger partial charge in [-0.25, -0.2) is 4.79 Å². The smallest absolute Gasteiger partial charge is 0.120 e. The van der Waals surface area contributed by atoms with E-state index in [4.69, 9.17) is 0 Å². The summed E-state index contributed by atoms with van der Waals surface area (Å²) in [7, 11) is 0. The van der Waals surface area contributed by atoms with Crippen molar-refractivity contribution >= 4 is 5.94 Å². The van der Waals surface area contributed by atoms with Crippen molar-refractivity contribution in [2.45, 2.75) is 32.1 Å². The van der Waals surface area contributed by atoms with Crippen LogP contribution >= 0.6 is 0 Å². The molecular weight excluding hydrogens is 136 g/mol. The maximum absolute atomic E-state index is 10.1. The van der Waals surface area contributed by atoms with E-state index in [1.807, 2.05) is 5.94 Å². The van der Waals surface area contributed by atoms with E-state index in [-0.39, 0.29) is 0 Å². The highest BCUT2D eigenvalue weighted by Gasteiger charge is 2.04. The standard InChI is InChI=1S/C10H14O/c11-9-8-10-6-4-2-1-3-5-7-10/h2,4,8,10H,1,3,5-7H2/b4-2-. The van der Waals surface area contributed by atoms with E-state index in [1.165, 1.54) is 19.3 Å². The van der Waals surface area contributed by atoms with Gasteiger partial charge in [0.1, 0.15) is 5.94 Å². The minimum absolute atomic E-state index is 0.448. The second-order valence-electron chi connectivity index (χ2n) is 3.04. The van der Waals surface area contributed by atoms with Gasteiger partial charge >= 0.3 is 0 Å². The highest BCUT2D eigenvalue weighted by atomic mass is 16.1. The van der Waals surface area contributed by atoms with Crippen molar-refractivity contribution in [1.82, 2.24) is 0 Å². The Morgan fingerprint density at radius 2 is 2.27 bits per heavy atom. The first kappa shape index (κ1) is 8.29. The van der Waals surface area contributed by atoms with Gasteiger partial charge in [-0.05, 0) is 31.6 Å². The van der Waals surface area contributed by atoms with Crippen LogP contribution in [0.1, 0.15) is 32.1 Å². The molecule has 0 spiro atoms. The van der Waals surface area contributed by atoms with Crippen molar-refractivity contribution in [2.24, 2.45) is 5.92 Å². The molecule has 11 heavy (non-hydrogen) atoms. The Labute approximate surface area is 67.8 Å². The topological polar surface area (TPSA) is 17.1 Å². The van der Waals surface area contributed by atoms with E-state index in [1.54, 1.807) is 6.08 Å². The maximum Gasteiger partial charge on any atom is 0.120 e. The molecule has 1 heteroatoms. The summed E-state index contributed by atoms with van der Waals surface area (Å²) in [4.78, 5) is 10.1. The zero-order chi connectivity index (χ0) is 7.94.